The lowest BCUT2D eigenvalue weighted by molar-refractivity contribution is 0.410. The summed E-state index contributed by atoms with van der Waals surface area (Å²) in [6, 6.07) is 4.94. The number of halogens is 2. The van der Waals surface area contributed by atoms with Crippen LogP contribution < -0.4 is 0 Å². The second-order valence-corrected chi connectivity index (χ2v) is 3.07. The fraction of sp³-hybridized carbons (Fsp3) is 0. The average Bonchev–Trinajstić information content (AvgIpc) is 2.04. The normalized spacial score (nSPS) is 11.1. The van der Waals surface area contributed by atoms with Gasteiger partial charge in [0.05, 0.1) is 0 Å². The van der Waals surface area contributed by atoms with Gasteiger partial charge in [0.15, 0.2) is 0 Å². The molecule has 0 heterocycles. The van der Waals surface area contributed by atoms with Gasteiger partial charge in [-0.2, -0.15) is 0 Å². The molecule has 0 amide bonds. The van der Waals surface area contributed by atoms with Gasteiger partial charge < -0.3 is 0 Å². The Morgan fingerprint density at radius 3 is 2.31 bits per heavy atom. The molecule has 0 spiro atoms. The fourth-order valence-electron chi connectivity index (χ4n) is 0.699. The lowest BCUT2D eigenvalue weighted by Gasteiger charge is -2.03. The molecule has 0 bridgehead atoms. The van der Waals surface area contributed by atoms with E-state index in [0.717, 1.165) is 12.1 Å². The lowest BCUT2D eigenvalue weighted by Crippen LogP contribution is -1.96. The first-order valence-corrected chi connectivity index (χ1v) is 4.67. The van der Waals surface area contributed by atoms with Crippen LogP contribution in [0, 0.1) is 11.4 Å². The van der Waals surface area contributed by atoms with Crippen molar-refractivity contribution in [1.82, 2.24) is 0 Å². The molecular formula is C7H5ClFO3S. The van der Waals surface area contributed by atoms with Crippen LogP contribution in [0.1, 0.15) is 5.56 Å². The maximum atomic E-state index is 12.4. The predicted octanol–water partition coefficient (Wildman–Crippen LogP) is 1.45. The summed E-state index contributed by atoms with van der Waals surface area (Å²) in [6.07, 6.45) is 0. The van der Waals surface area contributed by atoms with E-state index in [2.05, 4.69) is 4.18 Å². The summed E-state index contributed by atoms with van der Waals surface area (Å²) in [6.45, 7) is 0. The van der Waals surface area contributed by atoms with Gasteiger partial charge in [0.25, 0.3) is 11.0 Å². The molecule has 0 aliphatic rings. The molecule has 0 unspecified atom stereocenters. The van der Waals surface area contributed by atoms with Crippen molar-refractivity contribution in [1.29, 1.82) is 0 Å². The first-order valence-electron chi connectivity index (χ1n) is 3.20. The van der Waals surface area contributed by atoms with Crippen molar-refractivity contribution in [3.8, 4) is 0 Å². The molecule has 13 heavy (non-hydrogen) atoms. The summed E-state index contributed by atoms with van der Waals surface area (Å²) in [4.78, 5) is 0. The molecule has 0 atom stereocenters. The number of hydrogen-bond acceptors (Lipinski definition) is 3. The Bertz CT molecular complexity index is 341. The Hall–Kier alpha value is -0.650. The molecule has 0 aliphatic carbocycles. The van der Waals surface area contributed by atoms with Crippen LogP contribution in [0.5, 0.6) is 0 Å². The van der Waals surface area contributed by atoms with Crippen molar-refractivity contribution in [2.45, 2.75) is 0 Å². The molecule has 71 valence electrons. The van der Waals surface area contributed by atoms with E-state index in [0.29, 0.717) is 5.56 Å². The van der Waals surface area contributed by atoms with Gasteiger partial charge in [-0.1, -0.05) is 23.7 Å². The highest BCUT2D eigenvalue weighted by molar-refractivity contribution is 7.67. The minimum atomic E-state index is -3.03. The van der Waals surface area contributed by atoms with Crippen molar-refractivity contribution in [2.75, 3.05) is 0 Å². The zero-order valence-electron chi connectivity index (χ0n) is 6.24. The lowest BCUT2D eigenvalue weighted by atomic mass is 10.2. The minimum Gasteiger partial charge on any atom is -0.239 e. The van der Waals surface area contributed by atoms with Crippen molar-refractivity contribution in [3.63, 3.8) is 0 Å². The largest absolute Gasteiger partial charge is 0.259 e. The number of thiol groups is 1. The van der Waals surface area contributed by atoms with E-state index in [4.69, 9.17) is 11.6 Å². The first kappa shape index (κ1) is 10.4. The van der Waals surface area contributed by atoms with Gasteiger partial charge in [0.2, 0.25) is 5.56 Å². The zero-order valence-corrected chi connectivity index (χ0v) is 7.89. The number of hydrogen-bond donors (Lipinski definition) is 1. The monoisotopic (exact) mass is 223 g/mol. The maximum Gasteiger partial charge on any atom is 0.259 e. The summed E-state index contributed by atoms with van der Waals surface area (Å²) in [7, 11) is -3.03. The molecule has 0 saturated heterocycles. The first-order chi connectivity index (χ1) is 6.09. The molecule has 1 aromatic rings. The van der Waals surface area contributed by atoms with Gasteiger partial charge in [-0.3, -0.25) is 0 Å². The fourth-order valence-corrected chi connectivity index (χ4v) is 1.23. The SMILES string of the molecule is O=[SH](=O)O[C](Cl)c1ccc(F)cc1. The van der Waals surface area contributed by atoms with Crippen LogP contribution in [0.15, 0.2) is 24.3 Å². The standard InChI is InChI=1S/C7H5ClFO3S/c8-7(12-13(10)11)5-1-3-6(9)4-2-5/h1-4,13H. The molecule has 1 aromatic carbocycles. The predicted molar refractivity (Wildman–Crippen MR) is 46.0 cm³/mol. The smallest absolute Gasteiger partial charge is 0.239 e. The Kier molecular flexibility index (Phi) is 3.65. The highest BCUT2D eigenvalue weighted by Gasteiger charge is 2.10. The number of rotatable bonds is 3. The van der Waals surface area contributed by atoms with Gasteiger partial charge in [-0.25, -0.2) is 17.0 Å². The van der Waals surface area contributed by atoms with Gasteiger partial charge >= 0.3 is 0 Å². The molecule has 0 aliphatic heterocycles. The van der Waals surface area contributed by atoms with Crippen molar-refractivity contribution in [2.24, 2.45) is 0 Å². The third-order valence-electron chi connectivity index (χ3n) is 1.23. The summed E-state index contributed by atoms with van der Waals surface area (Å²) in [5, 5.41) is 0. The van der Waals surface area contributed by atoms with Gasteiger partial charge in [-0.15, -0.1) is 0 Å². The summed E-state index contributed by atoms with van der Waals surface area (Å²) < 4.78 is 36.8. The van der Waals surface area contributed by atoms with Crippen LogP contribution in [0.2, 0.25) is 0 Å². The van der Waals surface area contributed by atoms with Crippen molar-refractivity contribution >= 4 is 22.6 Å². The zero-order chi connectivity index (χ0) is 9.84. The molecule has 1 radical (unpaired) electrons. The van der Waals surface area contributed by atoms with Crippen LogP contribution in [-0.4, -0.2) is 8.42 Å². The highest BCUT2D eigenvalue weighted by atomic mass is 35.5. The van der Waals surface area contributed by atoms with E-state index in [9.17, 15) is 12.8 Å². The van der Waals surface area contributed by atoms with E-state index in [-0.39, 0.29) is 5.56 Å². The third kappa shape index (κ3) is 3.30. The summed E-state index contributed by atoms with van der Waals surface area (Å²) in [5.74, 6) is -0.431. The quantitative estimate of drug-likeness (QED) is 0.789. The van der Waals surface area contributed by atoms with E-state index in [1.165, 1.54) is 12.1 Å². The Morgan fingerprint density at radius 1 is 1.31 bits per heavy atom. The van der Waals surface area contributed by atoms with E-state index in [1.807, 2.05) is 0 Å². The Morgan fingerprint density at radius 2 is 1.85 bits per heavy atom. The molecular weight excluding hydrogens is 219 g/mol. The summed E-state index contributed by atoms with van der Waals surface area (Å²) >= 11 is 5.44. The Labute approximate surface area is 81.2 Å². The van der Waals surface area contributed by atoms with Crippen molar-refractivity contribution < 1.29 is 17.0 Å². The maximum absolute atomic E-state index is 12.4. The molecule has 6 heteroatoms. The second-order valence-electron chi connectivity index (χ2n) is 2.10. The second kappa shape index (κ2) is 4.55. The van der Waals surface area contributed by atoms with Crippen LogP contribution >= 0.6 is 11.6 Å². The van der Waals surface area contributed by atoms with E-state index < -0.39 is 16.8 Å². The number of benzene rings is 1. The van der Waals surface area contributed by atoms with Gasteiger partial charge in [0, 0.05) is 5.56 Å². The molecule has 0 aromatic heterocycles. The van der Waals surface area contributed by atoms with Crippen LogP contribution in [0.3, 0.4) is 0 Å². The van der Waals surface area contributed by atoms with Crippen LogP contribution in [-0.2, 0) is 15.2 Å². The minimum absolute atomic E-state index is 0.295. The van der Waals surface area contributed by atoms with Crippen molar-refractivity contribution in [3.05, 3.63) is 41.2 Å². The highest BCUT2D eigenvalue weighted by Crippen LogP contribution is 2.20. The van der Waals surface area contributed by atoms with E-state index in [1.54, 1.807) is 0 Å². The van der Waals surface area contributed by atoms with Gasteiger partial charge in [0.1, 0.15) is 5.82 Å². The summed E-state index contributed by atoms with van der Waals surface area (Å²) in [5.41, 5.74) is 0.0124. The van der Waals surface area contributed by atoms with Crippen LogP contribution in [0.25, 0.3) is 0 Å². The molecule has 1 rings (SSSR count). The molecule has 0 saturated carbocycles. The average molecular weight is 224 g/mol. The van der Waals surface area contributed by atoms with Gasteiger partial charge in [-0.05, 0) is 12.1 Å². The molecule has 0 N–H and O–H groups in total. The third-order valence-corrected chi connectivity index (χ3v) is 1.96. The topological polar surface area (TPSA) is 43.4 Å². The Balaban J connectivity index is 2.77. The van der Waals surface area contributed by atoms with E-state index >= 15 is 0 Å². The van der Waals surface area contributed by atoms with Crippen LogP contribution in [0.4, 0.5) is 4.39 Å². The molecule has 3 nitrogen and oxygen atoms in total. The molecule has 0 fully saturated rings.